The van der Waals surface area contributed by atoms with Crippen molar-refractivity contribution < 1.29 is 9.52 Å². The third-order valence-corrected chi connectivity index (χ3v) is 2.01. The maximum absolute atomic E-state index is 9.87. The number of aliphatic hydroxyl groups is 1. The van der Waals surface area contributed by atoms with E-state index in [4.69, 9.17) is 4.42 Å². The topological polar surface area (TPSA) is 33.4 Å². The Hall–Kier alpha value is -0.760. The van der Waals surface area contributed by atoms with Gasteiger partial charge in [-0.15, -0.1) is 0 Å². The van der Waals surface area contributed by atoms with Crippen LogP contribution in [0.3, 0.4) is 0 Å². The van der Waals surface area contributed by atoms with E-state index in [0.717, 1.165) is 11.3 Å². The van der Waals surface area contributed by atoms with E-state index >= 15 is 0 Å². The van der Waals surface area contributed by atoms with Crippen molar-refractivity contribution in [1.29, 1.82) is 0 Å². The Kier molecular flexibility index (Phi) is 2.29. The zero-order chi connectivity index (χ0) is 9.35. The molecule has 1 unspecified atom stereocenters. The predicted octanol–water partition coefficient (Wildman–Crippen LogP) is 2.67. The third kappa shape index (κ3) is 1.69. The first-order valence-electron chi connectivity index (χ1n) is 4.15. The average molecular weight is 168 g/mol. The highest BCUT2D eigenvalue weighted by Gasteiger charge is 2.25. The van der Waals surface area contributed by atoms with Crippen molar-refractivity contribution >= 4 is 0 Å². The fourth-order valence-electron chi connectivity index (χ4n) is 1.14. The summed E-state index contributed by atoms with van der Waals surface area (Å²) >= 11 is 0. The van der Waals surface area contributed by atoms with Gasteiger partial charge in [-0.3, -0.25) is 0 Å². The van der Waals surface area contributed by atoms with Gasteiger partial charge in [0.15, 0.2) is 0 Å². The van der Waals surface area contributed by atoms with Crippen LogP contribution in [0.5, 0.6) is 0 Å². The molecule has 68 valence electrons. The van der Waals surface area contributed by atoms with E-state index in [-0.39, 0.29) is 5.41 Å². The molecule has 2 nitrogen and oxygen atoms in total. The summed E-state index contributed by atoms with van der Waals surface area (Å²) in [5.41, 5.74) is 0.761. The van der Waals surface area contributed by atoms with Gasteiger partial charge < -0.3 is 9.52 Å². The summed E-state index contributed by atoms with van der Waals surface area (Å²) in [6.07, 6.45) is 1.16. The molecular formula is C10H16O2. The fraction of sp³-hybridized carbons (Fsp3) is 0.600. The van der Waals surface area contributed by atoms with Crippen LogP contribution in [0.2, 0.25) is 0 Å². The number of hydrogen-bond acceptors (Lipinski definition) is 2. The predicted molar refractivity (Wildman–Crippen MR) is 47.9 cm³/mol. The highest BCUT2D eigenvalue weighted by Crippen LogP contribution is 2.34. The van der Waals surface area contributed by atoms with Gasteiger partial charge in [0.05, 0.1) is 12.4 Å². The van der Waals surface area contributed by atoms with E-state index in [1.807, 2.05) is 33.8 Å². The van der Waals surface area contributed by atoms with E-state index < -0.39 is 6.10 Å². The van der Waals surface area contributed by atoms with Crippen molar-refractivity contribution in [3.05, 3.63) is 23.7 Å². The standard InChI is InChI=1S/C10H16O2/c1-7-8(5-6-12-7)9(11)10(2,3)4/h5-6,9,11H,1-4H3. The van der Waals surface area contributed by atoms with Crippen LogP contribution in [0.4, 0.5) is 0 Å². The van der Waals surface area contributed by atoms with Crippen LogP contribution in [0, 0.1) is 12.3 Å². The van der Waals surface area contributed by atoms with E-state index in [0.29, 0.717) is 0 Å². The van der Waals surface area contributed by atoms with Crippen molar-refractivity contribution in [1.82, 2.24) is 0 Å². The van der Waals surface area contributed by atoms with Crippen molar-refractivity contribution in [2.75, 3.05) is 0 Å². The Morgan fingerprint density at radius 3 is 2.33 bits per heavy atom. The highest BCUT2D eigenvalue weighted by molar-refractivity contribution is 5.20. The van der Waals surface area contributed by atoms with E-state index in [1.165, 1.54) is 0 Å². The van der Waals surface area contributed by atoms with Crippen molar-refractivity contribution in [2.45, 2.75) is 33.8 Å². The summed E-state index contributed by atoms with van der Waals surface area (Å²) in [6, 6.07) is 1.82. The van der Waals surface area contributed by atoms with Crippen LogP contribution in [0.25, 0.3) is 0 Å². The number of aryl methyl sites for hydroxylation is 1. The molecule has 0 saturated carbocycles. The molecule has 1 rings (SSSR count). The highest BCUT2D eigenvalue weighted by atomic mass is 16.3. The molecule has 1 atom stereocenters. The van der Waals surface area contributed by atoms with Crippen molar-refractivity contribution in [2.24, 2.45) is 5.41 Å². The maximum Gasteiger partial charge on any atom is 0.106 e. The van der Waals surface area contributed by atoms with Gasteiger partial charge in [-0.2, -0.15) is 0 Å². The molecule has 1 heterocycles. The molecule has 0 fully saturated rings. The van der Waals surface area contributed by atoms with Crippen molar-refractivity contribution in [3.63, 3.8) is 0 Å². The minimum Gasteiger partial charge on any atom is -0.469 e. The fourth-order valence-corrected chi connectivity index (χ4v) is 1.14. The Morgan fingerprint density at radius 2 is 2.00 bits per heavy atom. The molecule has 12 heavy (non-hydrogen) atoms. The number of hydrogen-bond donors (Lipinski definition) is 1. The van der Waals surface area contributed by atoms with E-state index in [9.17, 15) is 5.11 Å². The summed E-state index contributed by atoms with van der Waals surface area (Å²) in [7, 11) is 0. The van der Waals surface area contributed by atoms with Gasteiger partial charge in [0, 0.05) is 5.56 Å². The molecule has 0 aliphatic carbocycles. The molecule has 1 N–H and O–H groups in total. The zero-order valence-corrected chi connectivity index (χ0v) is 8.09. The first-order chi connectivity index (χ1) is 5.43. The zero-order valence-electron chi connectivity index (χ0n) is 8.09. The van der Waals surface area contributed by atoms with Crippen LogP contribution in [0.15, 0.2) is 16.7 Å². The van der Waals surface area contributed by atoms with Gasteiger partial charge in [-0.25, -0.2) is 0 Å². The second-order valence-corrected chi connectivity index (χ2v) is 4.20. The first-order valence-corrected chi connectivity index (χ1v) is 4.15. The van der Waals surface area contributed by atoms with Crippen LogP contribution in [-0.4, -0.2) is 5.11 Å². The van der Waals surface area contributed by atoms with Crippen LogP contribution in [0.1, 0.15) is 38.2 Å². The Labute approximate surface area is 73.2 Å². The van der Waals surface area contributed by atoms with Crippen LogP contribution in [-0.2, 0) is 0 Å². The molecular weight excluding hydrogens is 152 g/mol. The van der Waals surface area contributed by atoms with Gasteiger partial charge in [0.2, 0.25) is 0 Å². The number of rotatable bonds is 1. The van der Waals surface area contributed by atoms with Gasteiger partial charge >= 0.3 is 0 Å². The molecule has 2 heteroatoms. The van der Waals surface area contributed by atoms with Crippen molar-refractivity contribution in [3.8, 4) is 0 Å². The summed E-state index contributed by atoms with van der Waals surface area (Å²) in [5, 5.41) is 9.87. The van der Waals surface area contributed by atoms with E-state index in [1.54, 1.807) is 6.26 Å². The molecule has 0 aliphatic heterocycles. The second-order valence-electron chi connectivity index (χ2n) is 4.20. The molecule has 1 aromatic heterocycles. The molecule has 0 amide bonds. The maximum atomic E-state index is 9.87. The number of furan rings is 1. The van der Waals surface area contributed by atoms with Crippen LogP contribution < -0.4 is 0 Å². The minimum atomic E-state index is -0.448. The Bertz CT molecular complexity index is 255. The largest absolute Gasteiger partial charge is 0.469 e. The van der Waals surface area contributed by atoms with Crippen LogP contribution >= 0.6 is 0 Å². The minimum absolute atomic E-state index is 0.130. The number of aliphatic hydroxyl groups excluding tert-OH is 1. The van der Waals surface area contributed by atoms with Gasteiger partial charge in [0.1, 0.15) is 5.76 Å². The average Bonchev–Trinajstić information content (AvgIpc) is 2.31. The molecule has 0 spiro atoms. The monoisotopic (exact) mass is 168 g/mol. The summed E-state index contributed by atoms with van der Waals surface area (Å²) in [6.45, 7) is 7.88. The van der Waals surface area contributed by atoms with E-state index in [2.05, 4.69) is 0 Å². The molecule has 0 aliphatic rings. The molecule has 1 aromatic rings. The van der Waals surface area contributed by atoms with Gasteiger partial charge in [-0.05, 0) is 18.4 Å². The molecule has 0 bridgehead atoms. The van der Waals surface area contributed by atoms with Gasteiger partial charge in [-0.1, -0.05) is 20.8 Å². The van der Waals surface area contributed by atoms with Gasteiger partial charge in [0.25, 0.3) is 0 Å². The summed E-state index contributed by atoms with van der Waals surface area (Å²) in [4.78, 5) is 0. The third-order valence-electron chi connectivity index (χ3n) is 2.01. The molecule has 0 radical (unpaired) electrons. The normalized spacial score (nSPS) is 14.8. The molecule has 0 saturated heterocycles. The quantitative estimate of drug-likeness (QED) is 0.699. The summed E-state index contributed by atoms with van der Waals surface area (Å²) in [5.74, 6) is 0.803. The second kappa shape index (κ2) is 2.94. The lowest BCUT2D eigenvalue weighted by atomic mass is 9.85. The smallest absolute Gasteiger partial charge is 0.106 e. The molecule has 0 aromatic carbocycles. The summed E-state index contributed by atoms with van der Waals surface area (Å²) < 4.78 is 5.12. The lowest BCUT2D eigenvalue weighted by Crippen LogP contribution is -2.17. The Morgan fingerprint density at radius 1 is 1.42 bits per heavy atom. The lowest BCUT2D eigenvalue weighted by Gasteiger charge is -2.25. The Balaban J connectivity index is 2.92. The first kappa shape index (κ1) is 9.33. The lowest BCUT2D eigenvalue weighted by molar-refractivity contribution is 0.0614. The SMILES string of the molecule is Cc1occc1C(O)C(C)(C)C.